The lowest BCUT2D eigenvalue weighted by Crippen LogP contribution is -2.45. The van der Waals surface area contributed by atoms with E-state index in [0.717, 1.165) is 75.4 Å². The number of hydrogen-bond donors (Lipinski definition) is 2. The van der Waals surface area contributed by atoms with Crippen molar-refractivity contribution in [3.63, 3.8) is 0 Å². The maximum atomic E-state index is 8.89. The lowest BCUT2D eigenvalue weighted by atomic mass is 10.1. The molecule has 0 amide bonds. The Kier molecular flexibility index (Phi) is 10.8. The van der Waals surface area contributed by atoms with Gasteiger partial charge < -0.3 is 30.2 Å². The van der Waals surface area contributed by atoms with Gasteiger partial charge >= 0.3 is 0 Å². The number of piperazine rings is 1. The first kappa shape index (κ1) is 29.8. The highest BCUT2D eigenvalue weighted by Crippen LogP contribution is 2.33. The van der Waals surface area contributed by atoms with Crippen molar-refractivity contribution in [1.82, 2.24) is 14.8 Å². The highest BCUT2D eigenvalue weighted by molar-refractivity contribution is 7.12. The van der Waals surface area contributed by atoms with E-state index in [4.69, 9.17) is 25.4 Å². The lowest BCUT2D eigenvalue weighted by molar-refractivity contribution is -0.00211. The fourth-order valence-corrected chi connectivity index (χ4v) is 5.69. The molecule has 0 aliphatic carbocycles. The zero-order valence-electron chi connectivity index (χ0n) is 24.2. The number of unbranched alkanes of at least 4 members (excludes halogenated alkanes) is 1. The van der Waals surface area contributed by atoms with Crippen LogP contribution in [-0.2, 0) is 6.42 Å². The van der Waals surface area contributed by atoms with Crippen LogP contribution in [0.2, 0.25) is 0 Å². The normalized spacial score (nSPS) is 15.9. The van der Waals surface area contributed by atoms with Gasteiger partial charge in [-0.05, 0) is 68.4 Å². The van der Waals surface area contributed by atoms with Crippen molar-refractivity contribution >= 4 is 17.2 Å². The maximum Gasteiger partial charge on any atom is 0.241 e. The summed E-state index contributed by atoms with van der Waals surface area (Å²) >= 11 is 1.85. The standard InChI is InChI=1S/C31H43N5O3S/c1-5-6-7-28(39-26-14-10-24(11-15-26)30(32)34-37)38-25-12-8-23(9-13-25)29-27(40-31(33-29)22(2)3)16-17-36-20-18-35(4)19-21-36/h8-15,22,28,37H,5-7,16-21H2,1-4H3,(H2,32,34). The van der Waals surface area contributed by atoms with E-state index in [0.29, 0.717) is 17.2 Å². The van der Waals surface area contributed by atoms with E-state index < -0.39 is 6.29 Å². The largest absolute Gasteiger partial charge is 0.455 e. The fourth-order valence-electron chi connectivity index (χ4n) is 4.61. The minimum Gasteiger partial charge on any atom is -0.455 e. The Bertz CT molecular complexity index is 1220. The highest BCUT2D eigenvalue weighted by Gasteiger charge is 2.19. The van der Waals surface area contributed by atoms with Crippen molar-refractivity contribution in [2.24, 2.45) is 10.9 Å². The molecular weight excluding hydrogens is 522 g/mol. The molecule has 1 fully saturated rings. The van der Waals surface area contributed by atoms with E-state index in [1.54, 1.807) is 24.3 Å². The van der Waals surface area contributed by atoms with Gasteiger partial charge in [-0.2, -0.15) is 0 Å². The number of benzene rings is 2. The summed E-state index contributed by atoms with van der Waals surface area (Å²) in [6.45, 7) is 12.2. The summed E-state index contributed by atoms with van der Waals surface area (Å²) in [6, 6.07) is 15.4. The van der Waals surface area contributed by atoms with Crippen molar-refractivity contribution < 1.29 is 14.7 Å². The van der Waals surface area contributed by atoms with Crippen LogP contribution < -0.4 is 15.2 Å². The first-order chi connectivity index (χ1) is 19.4. The number of likely N-dealkylation sites (N-methyl/N-ethyl adjacent to an activating group) is 1. The first-order valence-electron chi connectivity index (χ1n) is 14.3. The Morgan fingerprint density at radius 3 is 2.23 bits per heavy atom. The number of thiazole rings is 1. The molecule has 3 N–H and O–H groups in total. The number of nitrogens with two attached hydrogens (primary N) is 1. The third-order valence-corrected chi connectivity index (χ3v) is 8.59. The molecule has 2 heterocycles. The number of amidine groups is 1. The van der Waals surface area contributed by atoms with E-state index in [1.165, 1.54) is 9.88 Å². The highest BCUT2D eigenvalue weighted by atomic mass is 32.1. The van der Waals surface area contributed by atoms with Crippen LogP contribution in [0.5, 0.6) is 11.5 Å². The Hall–Kier alpha value is -3.14. The summed E-state index contributed by atoms with van der Waals surface area (Å²) in [7, 11) is 2.20. The zero-order chi connectivity index (χ0) is 28.5. The van der Waals surface area contributed by atoms with Crippen LogP contribution in [0.15, 0.2) is 53.7 Å². The molecule has 40 heavy (non-hydrogen) atoms. The van der Waals surface area contributed by atoms with Crippen LogP contribution in [-0.4, -0.2) is 71.9 Å². The molecular formula is C31H43N5O3S. The fraction of sp³-hybridized carbons (Fsp3) is 0.484. The smallest absolute Gasteiger partial charge is 0.241 e. The lowest BCUT2D eigenvalue weighted by Gasteiger charge is -2.32. The summed E-state index contributed by atoms with van der Waals surface area (Å²) in [4.78, 5) is 11.4. The number of aromatic nitrogens is 1. The Labute approximate surface area is 242 Å². The second-order valence-corrected chi connectivity index (χ2v) is 11.8. The monoisotopic (exact) mass is 565 g/mol. The molecule has 216 valence electrons. The van der Waals surface area contributed by atoms with Crippen LogP contribution in [0, 0.1) is 0 Å². The van der Waals surface area contributed by atoms with Gasteiger partial charge in [-0.15, -0.1) is 11.3 Å². The Morgan fingerprint density at radius 1 is 1.02 bits per heavy atom. The molecule has 1 aromatic heterocycles. The molecule has 1 unspecified atom stereocenters. The Balaban J connectivity index is 1.45. The quantitative estimate of drug-likeness (QED) is 0.0890. The van der Waals surface area contributed by atoms with Gasteiger partial charge in [0.25, 0.3) is 0 Å². The number of oxime groups is 1. The van der Waals surface area contributed by atoms with E-state index >= 15 is 0 Å². The maximum absolute atomic E-state index is 8.89. The van der Waals surface area contributed by atoms with Gasteiger partial charge in [0.05, 0.1) is 10.7 Å². The third kappa shape index (κ3) is 8.19. The van der Waals surface area contributed by atoms with Crippen LogP contribution in [0.3, 0.4) is 0 Å². The number of rotatable bonds is 13. The molecule has 1 aliphatic heterocycles. The molecule has 0 saturated carbocycles. The molecule has 2 aromatic carbocycles. The minimum atomic E-state index is -0.425. The topological polar surface area (TPSA) is 96.4 Å². The van der Waals surface area contributed by atoms with Gasteiger partial charge in [0, 0.05) is 61.1 Å². The molecule has 0 radical (unpaired) electrons. The van der Waals surface area contributed by atoms with Crippen molar-refractivity contribution in [2.75, 3.05) is 39.8 Å². The molecule has 1 aliphatic rings. The van der Waals surface area contributed by atoms with Gasteiger partial charge in [-0.3, -0.25) is 0 Å². The number of ether oxygens (including phenoxy) is 2. The average Bonchev–Trinajstić information content (AvgIpc) is 3.41. The molecule has 1 atom stereocenters. The van der Waals surface area contributed by atoms with Crippen LogP contribution in [0.4, 0.5) is 0 Å². The first-order valence-corrected chi connectivity index (χ1v) is 15.1. The molecule has 0 spiro atoms. The number of hydrogen-bond acceptors (Lipinski definition) is 8. The summed E-state index contributed by atoms with van der Waals surface area (Å²) in [6.07, 6.45) is 3.39. The number of nitrogens with zero attached hydrogens (tertiary/aromatic N) is 4. The van der Waals surface area contributed by atoms with Crippen LogP contribution >= 0.6 is 11.3 Å². The van der Waals surface area contributed by atoms with Crippen molar-refractivity contribution in [2.45, 2.75) is 58.7 Å². The molecule has 9 heteroatoms. The van der Waals surface area contributed by atoms with E-state index in [1.807, 2.05) is 23.5 Å². The molecule has 0 bridgehead atoms. The second kappa shape index (κ2) is 14.5. The van der Waals surface area contributed by atoms with Crippen LogP contribution in [0.25, 0.3) is 11.3 Å². The van der Waals surface area contributed by atoms with Crippen molar-refractivity contribution in [1.29, 1.82) is 0 Å². The van der Waals surface area contributed by atoms with E-state index in [9.17, 15) is 0 Å². The van der Waals surface area contributed by atoms with Gasteiger partial charge in [0.15, 0.2) is 5.84 Å². The molecule has 8 nitrogen and oxygen atoms in total. The Morgan fingerprint density at radius 2 is 1.65 bits per heavy atom. The van der Waals surface area contributed by atoms with E-state index in [-0.39, 0.29) is 5.84 Å². The SMILES string of the molecule is CCCCC(Oc1ccc(C(N)=NO)cc1)Oc1ccc(-c2nc(C(C)C)sc2CCN2CCN(C)CC2)cc1. The van der Waals surface area contributed by atoms with Gasteiger partial charge in [0.1, 0.15) is 11.5 Å². The summed E-state index contributed by atoms with van der Waals surface area (Å²) in [5.41, 5.74) is 8.52. The average molecular weight is 566 g/mol. The predicted molar refractivity (Wildman–Crippen MR) is 163 cm³/mol. The second-order valence-electron chi connectivity index (χ2n) is 10.7. The minimum absolute atomic E-state index is 0.0635. The summed E-state index contributed by atoms with van der Waals surface area (Å²) in [5.74, 6) is 1.90. The van der Waals surface area contributed by atoms with E-state index in [2.05, 4.69) is 54.9 Å². The molecule has 4 rings (SSSR count). The van der Waals surface area contributed by atoms with Gasteiger partial charge in [-0.25, -0.2) is 4.98 Å². The van der Waals surface area contributed by atoms with Gasteiger partial charge in [-0.1, -0.05) is 32.3 Å². The van der Waals surface area contributed by atoms with Crippen molar-refractivity contribution in [3.05, 3.63) is 64.0 Å². The van der Waals surface area contributed by atoms with Crippen molar-refractivity contribution in [3.8, 4) is 22.8 Å². The van der Waals surface area contributed by atoms with Gasteiger partial charge in [0.2, 0.25) is 6.29 Å². The molecule has 1 saturated heterocycles. The van der Waals surface area contributed by atoms with Crippen LogP contribution in [0.1, 0.15) is 61.4 Å². The molecule has 3 aromatic rings. The summed E-state index contributed by atoms with van der Waals surface area (Å²) in [5, 5.41) is 13.1. The third-order valence-electron chi connectivity index (χ3n) is 7.17. The summed E-state index contributed by atoms with van der Waals surface area (Å²) < 4.78 is 12.4. The predicted octanol–water partition coefficient (Wildman–Crippen LogP) is 5.79. The zero-order valence-corrected chi connectivity index (χ0v) is 25.0.